The number of unbranched alkanes of at least 4 members (excludes halogenated alkanes) is 6. The molecule has 0 N–H and O–H groups in total. The highest BCUT2D eigenvalue weighted by atomic mass is 16.7. The normalized spacial score (nSPS) is 17.4. The van der Waals surface area contributed by atoms with E-state index in [1.807, 2.05) is 0 Å². The van der Waals surface area contributed by atoms with Crippen LogP contribution in [0, 0.1) is 0 Å². The van der Waals surface area contributed by atoms with E-state index >= 15 is 0 Å². The highest BCUT2D eigenvalue weighted by molar-refractivity contribution is 4.72. The summed E-state index contributed by atoms with van der Waals surface area (Å²) >= 11 is 0. The van der Waals surface area contributed by atoms with Crippen molar-refractivity contribution in [3.63, 3.8) is 0 Å². The lowest BCUT2D eigenvalue weighted by atomic mass is 10.0. The van der Waals surface area contributed by atoms with Crippen LogP contribution in [0.2, 0.25) is 0 Å². The van der Waals surface area contributed by atoms with Crippen LogP contribution in [0.4, 0.5) is 0 Å². The van der Waals surface area contributed by atoms with Crippen LogP contribution >= 0.6 is 0 Å². The largest absolute Gasteiger partial charge is 0.379 e. The first kappa shape index (κ1) is 21.9. The third-order valence-electron chi connectivity index (χ3n) is 4.53. The molecule has 0 radical (unpaired) electrons. The van der Waals surface area contributed by atoms with Crippen molar-refractivity contribution in [2.24, 2.45) is 0 Å². The maximum absolute atomic E-state index is 6.05. The third-order valence-corrected chi connectivity index (χ3v) is 4.53. The quantitative estimate of drug-likeness (QED) is 0.197. The monoisotopic (exact) mass is 344 g/mol. The summed E-state index contributed by atoms with van der Waals surface area (Å²) in [4.78, 5) is 0. The lowest BCUT2D eigenvalue weighted by molar-refractivity contribution is -0.242. The lowest BCUT2D eigenvalue weighted by Crippen LogP contribution is -2.36. The van der Waals surface area contributed by atoms with Crippen molar-refractivity contribution >= 4 is 0 Å². The summed E-state index contributed by atoms with van der Waals surface area (Å²) in [6.45, 7) is 10.1. The van der Waals surface area contributed by atoms with E-state index in [0.29, 0.717) is 19.3 Å². The van der Waals surface area contributed by atoms with Crippen LogP contribution < -0.4 is 0 Å². The van der Waals surface area contributed by atoms with Gasteiger partial charge in [0.15, 0.2) is 5.79 Å². The number of ether oxygens (including phenoxy) is 4. The minimum atomic E-state index is -0.410. The van der Waals surface area contributed by atoms with E-state index < -0.39 is 5.79 Å². The van der Waals surface area contributed by atoms with Crippen molar-refractivity contribution in [3.05, 3.63) is 0 Å². The Bertz CT molecular complexity index is 273. The van der Waals surface area contributed by atoms with Crippen LogP contribution in [0.25, 0.3) is 0 Å². The van der Waals surface area contributed by atoms with Crippen molar-refractivity contribution in [1.29, 1.82) is 0 Å². The highest BCUT2D eigenvalue weighted by Crippen LogP contribution is 2.28. The predicted molar refractivity (Wildman–Crippen MR) is 98.4 cm³/mol. The van der Waals surface area contributed by atoms with E-state index in [1.54, 1.807) is 0 Å². The fraction of sp³-hybridized carbons (Fsp3) is 1.00. The summed E-state index contributed by atoms with van der Waals surface area (Å²) in [6.07, 6.45) is 12.4. The van der Waals surface area contributed by atoms with Crippen LogP contribution in [0.3, 0.4) is 0 Å². The molecule has 1 aliphatic rings. The topological polar surface area (TPSA) is 40.2 Å². The summed E-state index contributed by atoms with van der Waals surface area (Å²) in [5, 5.41) is 0. The summed E-state index contributed by atoms with van der Waals surface area (Å²) in [5.41, 5.74) is 0. The summed E-state index contributed by atoms with van der Waals surface area (Å²) in [6, 6.07) is 0. The molecule has 1 atom stereocenters. The minimum Gasteiger partial charge on any atom is -0.379 e. The Balaban J connectivity index is 2.21. The molecule has 0 aromatic carbocycles. The molecule has 1 heterocycles. The van der Waals surface area contributed by atoms with Gasteiger partial charge in [0.05, 0.1) is 13.2 Å². The molecule has 24 heavy (non-hydrogen) atoms. The van der Waals surface area contributed by atoms with Gasteiger partial charge < -0.3 is 18.9 Å². The first-order valence-electron chi connectivity index (χ1n) is 10.2. The lowest BCUT2D eigenvalue weighted by Gasteiger charge is -2.33. The van der Waals surface area contributed by atoms with E-state index in [2.05, 4.69) is 20.8 Å². The Morgan fingerprint density at radius 1 is 0.833 bits per heavy atom. The Labute approximate surface area is 149 Å². The molecule has 1 saturated heterocycles. The molecule has 0 aromatic heterocycles. The van der Waals surface area contributed by atoms with Crippen LogP contribution in [0.5, 0.6) is 0 Å². The van der Waals surface area contributed by atoms with Crippen molar-refractivity contribution in [2.75, 3.05) is 33.0 Å². The maximum atomic E-state index is 6.05. The van der Waals surface area contributed by atoms with Crippen molar-refractivity contribution in [2.45, 2.75) is 96.9 Å². The molecule has 1 rings (SSSR count). The van der Waals surface area contributed by atoms with E-state index in [4.69, 9.17) is 18.9 Å². The fourth-order valence-corrected chi connectivity index (χ4v) is 3.16. The zero-order valence-corrected chi connectivity index (χ0v) is 16.3. The van der Waals surface area contributed by atoms with E-state index in [-0.39, 0.29) is 0 Å². The molecule has 0 unspecified atom stereocenters. The van der Waals surface area contributed by atoms with Gasteiger partial charge in [0.2, 0.25) is 0 Å². The van der Waals surface area contributed by atoms with Gasteiger partial charge in [-0.3, -0.25) is 0 Å². The minimum absolute atomic E-state index is 0.348. The van der Waals surface area contributed by atoms with Gasteiger partial charge >= 0.3 is 0 Å². The van der Waals surface area contributed by atoms with Gasteiger partial charge in [-0.2, -0.15) is 0 Å². The van der Waals surface area contributed by atoms with E-state index in [9.17, 15) is 0 Å². The Hall–Kier alpha value is -0.160. The van der Waals surface area contributed by atoms with Gasteiger partial charge in [0.1, 0.15) is 6.10 Å². The van der Waals surface area contributed by atoms with Crippen molar-refractivity contribution < 1.29 is 18.9 Å². The molecular formula is C20H40O4. The smallest absolute Gasteiger partial charge is 0.168 e. The molecule has 4 nitrogen and oxygen atoms in total. The molecule has 0 bridgehead atoms. The molecule has 4 heteroatoms. The van der Waals surface area contributed by atoms with Crippen molar-refractivity contribution in [1.82, 2.24) is 0 Å². The van der Waals surface area contributed by atoms with Gasteiger partial charge in [0, 0.05) is 32.7 Å². The average Bonchev–Trinajstić information content (AvgIpc) is 3.38. The second-order valence-corrected chi connectivity index (χ2v) is 6.78. The highest BCUT2D eigenvalue weighted by Gasteiger charge is 2.30. The van der Waals surface area contributed by atoms with Crippen LogP contribution in [-0.2, 0) is 18.9 Å². The zero-order chi connectivity index (χ0) is 17.5. The number of hydrogen-bond donors (Lipinski definition) is 0. The van der Waals surface area contributed by atoms with Gasteiger partial charge in [0.25, 0.3) is 0 Å². The SMILES string of the molecule is CCCCCCCCCC(CCCOC[C@H]1CO1)(OCC)OCC. The molecule has 0 saturated carbocycles. The van der Waals surface area contributed by atoms with Gasteiger partial charge in [-0.25, -0.2) is 0 Å². The maximum Gasteiger partial charge on any atom is 0.168 e. The van der Waals surface area contributed by atoms with Crippen LogP contribution in [0.1, 0.15) is 85.0 Å². The molecule has 144 valence electrons. The van der Waals surface area contributed by atoms with Gasteiger partial charge in [-0.15, -0.1) is 0 Å². The van der Waals surface area contributed by atoms with E-state index in [0.717, 1.165) is 39.1 Å². The first-order chi connectivity index (χ1) is 11.8. The second kappa shape index (κ2) is 14.1. The fourth-order valence-electron chi connectivity index (χ4n) is 3.16. The number of hydrogen-bond acceptors (Lipinski definition) is 4. The Morgan fingerprint density at radius 2 is 1.42 bits per heavy atom. The molecular weight excluding hydrogens is 304 g/mol. The van der Waals surface area contributed by atoms with Gasteiger partial charge in [-0.05, 0) is 26.7 Å². The van der Waals surface area contributed by atoms with Crippen LogP contribution in [0.15, 0.2) is 0 Å². The van der Waals surface area contributed by atoms with E-state index in [1.165, 1.54) is 44.9 Å². The Kier molecular flexibility index (Phi) is 12.8. The van der Waals surface area contributed by atoms with Crippen LogP contribution in [-0.4, -0.2) is 44.9 Å². The summed E-state index contributed by atoms with van der Waals surface area (Å²) in [5.74, 6) is -0.410. The average molecular weight is 345 g/mol. The first-order valence-corrected chi connectivity index (χ1v) is 10.2. The number of rotatable bonds is 18. The molecule has 1 fully saturated rings. The third kappa shape index (κ3) is 10.7. The molecule has 0 spiro atoms. The second-order valence-electron chi connectivity index (χ2n) is 6.78. The molecule has 0 aromatic rings. The molecule has 0 aliphatic carbocycles. The summed E-state index contributed by atoms with van der Waals surface area (Å²) < 4.78 is 22.9. The standard InChI is InChI=1S/C20H40O4/c1-4-7-8-9-10-11-12-14-20(23-5-2,24-6-3)15-13-16-21-17-19-18-22-19/h19H,4-18H2,1-3H3/t19-/m0/s1. The molecule has 0 amide bonds. The zero-order valence-electron chi connectivity index (χ0n) is 16.3. The number of epoxide rings is 1. The summed E-state index contributed by atoms with van der Waals surface area (Å²) in [7, 11) is 0. The molecule has 1 aliphatic heterocycles. The van der Waals surface area contributed by atoms with Crippen molar-refractivity contribution in [3.8, 4) is 0 Å². The Morgan fingerprint density at radius 3 is 2.00 bits per heavy atom. The van der Waals surface area contributed by atoms with Gasteiger partial charge in [-0.1, -0.05) is 45.4 Å². The predicted octanol–water partition coefficient (Wildman–Crippen LogP) is 5.09.